The second-order valence-electron chi connectivity index (χ2n) is 8.28. The number of ether oxygens (including phenoxy) is 2. The van der Waals surface area contributed by atoms with Gasteiger partial charge in [0, 0.05) is 6.54 Å². The summed E-state index contributed by atoms with van der Waals surface area (Å²) in [4.78, 5) is 20.8. The topological polar surface area (TPSA) is 85.4 Å². The molecule has 1 aromatic carbocycles. The first-order chi connectivity index (χ1) is 18.1. The van der Waals surface area contributed by atoms with Crippen LogP contribution in [0.15, 0.2) is 24.5 Å². The Morgan fingerprint density at radius 2 is 1.79 bits per heavy atom. The number of carbonyl (C=O) groups is 1. The summed E-state index contributed by atoms with van der Waals surface area (Å²) in [7, 11) is 0. The van der Waals surface area contributed by atoms with Crippen molar-refractivity contribution < 1.29 is 36.2 Å². The molecule has 1 aliphatic heterocycles. The van der Waals surface area contributed by atoms with E-state index in [0.717, 1.165) is 6.07 Å². The van der Waals surface area contributed by atoms with Gasteiger partial charge in [0.2, 0.25) is 5.91 Å². The number of benzene rings is 1. The van der Waals surface area contributed by atoms with E-state index in [1.54, 1.807) is 6.07 Å². The number of alkyl halides is 5. The molecule has 2 N–H and O–H groups in total. The monoisotopic (exact) mass is 542 g/mol. The van der Waals surface area contributed by atoms with Crippen LogP contribution in [0.2, 0.25) is 0 Å². The van der Waals surface area contributed by atoms with Gasteiger partial charge in [0.25, 0.3) is 6.43 Å². The molecule has 208 valence electrons. The number of hydrogen-bond acceptors (Lipinski definition) is 6. The zero-order valence-corrected chi connectivity index (χ0v) is 21.4. The van der Waals surface area contributed by atoms with Crippen LogP contribution in [-0.4, -0.2) is 41.1 Å². The molecular weight excluding hydrogens is 511 g/mol. The summed E-state index contributed by atoms with van der Waals surface area (Å²) in [6.45, 7) is 5.96. The van der Waals surface area contributed by atoms with Gasteiger partial charge in [-0.25, -0.2) is 18.7 Å². The van der Waals surface area contributed by atoms with Gasteiger partial charge in [0.1, 0.15) is 17.7 Å². The highest BCUT2D eigenvalue weighted by Crippen LogP contribution is 2.41. The van der Waals surface area contributed by atoms with Crippen molar-refractivity contribution >= 4 is 11.7 Å². The highest BCUT2D eigenvalue weighted by atomic mass is 19.4. The second kappa shape index (κ2) is 13.5. The van der Waals surface area contributed by atoms with Gasteiger partial charge in [0.15, 0.2) is 6.29 Å². The Hall–Kier alpha value is -3.30. The molecule has 38 heavy (non-hydrogen) atoms. The first-order valence-corrected chi connectivity index (χ1v) is 12.0. The predicted octanol–water partition coefficient (Wildman–Crippen LogP) is 5.19. The number of anilines is 1. The van der Waals surface area contributed by atoms with Crippen LogP contribution in [0.1, 0.15) is 60.9 Å². The molecule has 0 atom stereocenters. The highest BCUT2D eigenvalue weighted by molar-refractivity contribution is 5.80. The van der Waals surface area contributed by atoms with Crippen molar-refractivity contribution in [3.63, 3.8) is 0 Å². The first kappa shape index (κ1) is 30.9. The molecule has 1 aromatic heterocycles. The van der Waals surface area contributed by atoms with Gasteiger partial charge in [-0.15, -0.1) is 12.8 Å². The number of amides is 1. The molecule has 2 heterocycles. The van der Waals surface area contributed by atoms with Crippen LogP contribution in [0.3, 0.4) is 0 Å². The normalized spacial score (nSPS) is 16.1. The largest absolute Gasteiger partial charge is 0.416 e. The Balaban J connectivity index is 0.00000121. The Morgan fingerprint density at radius 1 is 1.16 bits per heavy atom. The zero-order chi connectivity index (χ0) is 28.5. The second-order valence-corrected chi connectivity index (χ2v) is 8.28. The van der Waals surface area contributed by atoms with Crippen molar-refractivity contribution in [1.29, 1.82) is 0 Å². The lowest BCUT2D eigenvalue weighted by Gasteiger charge is -2.20. The van der Waals surface area contributed by atoms with E-state index in [0.29, 0.717) is 11.1 Å². The molecule has 1 saturated heterocycles. The van der Waals surface area contributed by atoms with Gasteiger partial charge in [-0.3, -0.25) is 4.79 Å². The molecule has 4 rings (SSSR count). The average molecular weight is 543 g/mol. The van der Waals surface area contributed by atoms with E-state index < -0.39 is 35.9 Å². The van der Waals surface area contributed by atoms with E-state index in [2.05, 4.69) is 33.4 Å². The van der Waals surface area contributed by atoms with E-state index in [4.69, 9.17) is 9.47 Å². The molecule has 12 heteroatoms. The molecule has 2 aliphatic rings. The van der Waals surface area contributed by atoms with Gasteiger partial charge < -0.3 is 20.1 Å². The number of nitrogens with one attached hydrogen (secondary N) is 2. The van der Waals surface area contributed by atoms with Crippen LogP contribution in [0.4, 0.5) is 27.8 Å². The minimum absolute atomic E-state index is 0.00656. The molecule has 2 fully saturated rings. The fraction of sp³-hybridized carbons (Fsp3) is 0.500. The number of hydrogen-bond donors (Lipinski definition) is 2. The smallest absolute Gasteiger partial charge is 0.365 e. The summed E-state index contributed by atoms with van der Waals surface area (Å²) in [5.74, 6) is -0.410. The zero-order valence-electron chi connectivity index (χ0n) is 21.4. The minimum Gasteiger partial charge on any atom is -0.365 e. The van der Waals surface area contributed by atoms with Crippen LogP contribution < -0.4 is 10.6 Å². The molecule has 0 bridgehead atoms. The lowest BCUT2D eigenvalue weighted by Crippen LogP contribution is -2.43. The molecule has 1 aliphatic carbocycles. The van der Waals surface area contributed by atoms with Crippen LogP contribution in [0.25, 0.3) is 0 Å². The number of halogens is 5. The molecule has 1 saturated carbocycles. The van der Waals surface area contributed by atoms with Gasteiger partial charge in [-0.1, -0.05) is 26.0 Å². The van der Waals surface area contributed by atoms with E-state index >= 15 is 0 Å². The quantitative estimate of drug-likeness (QED) is 0.353. The van der Waals surface area contributed by atoms with Crippen molar-refractivity contribution in [2.24, 2.45) is 0 Å². The standard InChI is InChI=1S/C22H23F5N4O3.C2H6.C2H2/c1-12-13(3-2-4-14(12)22(25,26)27)10-28-18-17(19-33-7-8-34-19)15(29-11-30-18)9-16(32)31-21(5-6-21)20(23)24;2*1-2/h2-4,11,19-20H,5-10H2,1H3,(H,31,32)(H,28,29,30);1-2H3;1-2H. The molecule has 2 aromatic rings. The molecule has 0 unspecified atom stereocenters. The number of nitrogens with zero attached hydrogens (tertiary/aromatic N) is 2. The van der Waals surface area contributed by atoms with E-state index in [9.17, 15) is 26.7 Å². The van der Waals surface area contributed by atoms with Gasteiger partial charge in [0.05, 0.1) is 36.5 Å². The lowest BCUT2D eigenvalue weighted by atomic mass is 10.0. The third-order valence-corrected chi connectivity index (χ3v) is 5.94. The summed E-state index contributed by atoms with van der Waals surface area (Å²) in [6, 6.07) is 3.90. The van der Waals surface area contributed by atoms with Crippen molar-refractivity contribution in [3.8, 4) is 12.8 Å². The number of terminal acetylenes is 1. The van der Waals surface area contributed by atoms with E-state index in [1.165, 1.54) is 19.3 Å². The van der Waals surface area contributed by atoms with Crippen molar-refractivity contribution in [1.82, 2.24) is 15.3 Å². The molecule has 1 amide bonds. The van der Waals surface area contributed by atoms with Crippen LogP contribution in [0.5, 0.6) is 0 Å². The van der Waals surface area contributed by atoms with Crippen molar-refractivity contribution in [3.05, 3.63) is 52.5 Å². The summed E-state index contributed by atoms with van der Waals surface area (Å²) in [5.41, 5.74) is -1.23. The predicted molar refractivity (Wildman–Crippen MR) is 131 cm³/mol. The van der Waals surface area contributed by atoms with Crippen LogP contribution in [0, 0.1) is 19.8 Å². The summed E-state index contributed by atoms with van der Waals surface area (Å²) in [5, 5.41) is 5.37. The average Bonchev–Trinajstić information content (AvgIpc) is 3.47. The third-order valence-electron chi connectivity index (χ3n) is 5.94. The summed E-state index contributed by atoms with van der Waals surface area (Å²) >= 11 is 0. The fourth-order valence-corrected chi connectivity index (χ4v) is 3.85. The van der Waals surface area contributed by atoms with E-state index in [-0.39, 0.29) is 56.1 Å². The highest BCUT2D eigenvalue weighted by Gasteiger charge is 2.52. The van der Waals surface area contributed by atoms with Gasteiger partial charge >= 0.3 is 6.18 Å². The SMILES string of the molecule is C#C.CC.Cc1c(CNc2ncnc(CC(=O)NC3(C(F)F)CC3)c2C2OCCO2)cccc1C(F)(F)F. The Bertz CT molecular complexity index is 1100. The maximum Gasteiger partial charge on any atom is 0.416 e. The van der Waals surface area contributed by atoms with Gasteiger partial charge in [-0.2, -0.15) is 13.2 Å². The maximum atomic E-state index is 13.2. The molecular formula is C26H31F5N4O3. The van der Waals surface area contributed by atoms with Crippen LogP contribution >= 0.6 is 0 Å². The van der Waals surface area contributed by atoms with Crippen LogP contribution in [-0.2, 0) is 33.4 Å². The number of carbonyl (C=O) groups excluding carboxylic acids is 1. The van der Waals surface area contributed by atoms with Gasteiger partial charge in [-0.05, 0) is 37.0 Å². The third kappa shape index (κ3) is 7.39. The number of aromatic nitrogens is 2. The van der Waals surface area contributed by atoms with Crippen molar-refractivity contribution in [2.45, 2.75) is 71.0 Å². The molecule has 0 spiro atoms. The lowest BCUT2D eigenvalue weighted by molar-refractivity contribution is -0.138. The fourth-order valence-electron chi connectivity index (χ4n) is 3.85. The summed E-state index contributed by atoms with van der Waals surface area (Å²) < 4.78 is 77.2. The molecule has 0 radical (unpaired) electrons. The first-order valence-electron chi connectivity index (χ1n) is 12.0. The maximum absolute atomic E-state index is 13.2. The Kier molecular flexibility index (Phi) is 11.0. The van der Waals surface area contributed by atoms with E-state index in [1.807, 2.05) is 13.8 Å². The minimum atomic E-state index is -4.48. The molecule has 7 nitrogen and oxygen atoms in total. The van der Waals surface area contributed by atoms with Crippen molar-refractivity contribution in [2.75, 3.05) is 18.5 Å². The Labute approximate surface area is 218 Å². The number of rotatable bonds is 8. The Morgan fingerprint density at radius 3 is 2.34 bits per heavy atom. The summed E-state index contributed by atoms with van der Waals surface area (Å²) in [6.07, 6.45) is 1.21.